The van der Waals surface area contributed by atoms with Gasteiger partial charge in [-0.1, -0.05) is 0 Å². The molecule has 7 heteroatoms. The number of nitrogens with zero attached hydrogens (tertiary/aromatic N) is 1. The number of rotatable bonds is 1. The van der Waals surface area contributed by atoms with E-state index in [4.69, 9.17) is 4.74 Å². The molecule has 1 amide bonds. The second-order valence-corrected chi connectivity index (χ2v) is 7.96. The summed E-state index contributed by atoms with van der Waals surface area (Å²) >= 11 is 0. The Hall–Kier alpha value is -0.850. The first kappa shape index (κ1) is 13.6. The zero-order chi connectivity index (χ0) is 13.8. The van der Waals surface area contributed by atoms with Gasteiger partial charge in [0.15, 0.2) is 0 Å². The third-order valence-electron chi connectivity index (χ3n) is 3.42. The number of likely N-dealkylation sites (tertiary alicyclic amines) is 1. The van der Waals surface area contributed by atoms with Gasteiger partial charge in [-0.15, -0.1) is 3.89 Å². The predicted octanol–water partition coefficient (Wildman–Crippen LogP) is 1.69. The van der Waals surface area contributed by atoms with Crippen LogP contribution in [0.4, 0.5) is 8.68 Å². The van der Waals surface area contributed by atoms with Crippen molar-refractivity contribution in [2.24, 2.45) is 5.41 Å². The maximum absolute atomic E-state index is 12.7. The molecule has 0 bridgehead atoms. The summed E-state index contributed by atoms with van der Waals surface area (Å²) in [6.07, 6.45) is 0.232. The SMILES string of the molecule is CC(C)(C)OC(=O)N1CC2(CC(S(=O)(=O)F)C2)C1. The lowest BCUT2D eigenvalue weighted by atomic mass is 9.63. The van der Waals surface area contributed by atoms with E-state index < -0.39 is 21.1 Å². The predicted molar refractivity (Wildman–Crippen MR) is 63.3 cm³/mol. The van der Waals surface area contributed by atoms with Crippen LogP contribution in [0.1, 0.15) is 33.6 Å². The number of halogens is 1. The molecule has 1 saturated heterocycles. The fourth-order valence-corrected chi connectivity index (χ4v) is 3.69. The number of hydrogen-bond acceptors (Lipinski definition) is 4. The van der Waals surface area contributed by atoms with Crippen molar-refractivity contribution in [2.75, 3.05) is 13.1 Å². The van der Waals surface area contributed by atoms with Gasteiger partial charge in [0.25, 0.3) is 0 Å². The molecule has 2 fully saturated rings. The molecule has 18 heavy (non-hydrogen) atoms. The molecule has 0 unspecified atom stereocenters. The summed E-state index contributed by atoms with van der Waals surface area (Å²) in [6, 6.07) is 0. The first-order chi connectivity index (χ1) is 8.01. The first-order valence-electron chi connectivity index (χ1n) is 5.92. The van der Waals surface area contributed by atoms with Crippen molar-refractivity contribution in [3.8, 4) is 0 Å². The molecule has 1 aliphatic carbocycles. The Kier molecular flexibility index (Phi) is 2.88. The van der Waals surface area contributed by atoms with Gasteiger partial charge in [-0.05, 0) is 33.6 Å². The van der Waals surface area contributed by atoms with E-state index in [2.05, 4.69) is 0 Å². The average Bonchev–Trinajstić information content (AvgIpc) is 1.90. The number of ether oxygens (including phenoxy) is 1. The van der Waals surface area contributed by atoms with E-state index in [1.54, 1.807) is 20.8 Å². The molecule has 1 aliphatic heterocycles. The molecule has 1 spiro atoms. The van der Waals surface area contributed by atoms with Crippen LogP contribution in [0.5, 0.6) is 0 Å². The van der Waals surface area contributed by atoms with E-state index in [1.165, 1.54) is 4.90 Å². The fraction of sp³-hybridized carbons (Fsp3) is 0.909. The molecule has 104 valence electrons. The van der Waals surface area contributed by atoms with Crippen LogP contribution >= 0.6 is 0 Å². The normalized spacial score (nSPS) is 23.4. The zero-order valence-corrected chi connectivity index (χ0v) is 11.6. The Morgan fingerprint density at radius 3 is 2.22 bits per heavy atom. The van der Waals surface area contributed by atoms with Crippen LogP contribution in [0.3, 0.4) is 0 Å². The summed E-state index contributed by atoms with van der Waals surface area (Å²) in [4.78, 5) is 13.2. The summed E-state index contributed by atoms with van der Waals surface area (Å²) in [7, 11) is -4.41. The Morgan fingerprint density at radius 2 is 1.83 bits per heavy atom. The van der Waals surface area contributed by atoms with Gasteiger partial charge < -0.3 is 9.64 Å². The van der Waals surface area contributed by atoms with E-state index in [-0.39, 0.29) is 11.5 Å². The third-order valence-corrected chi connectivity index (χ3v) is 4.55. The highest BCUT2D eigenvalue weighted by Gasteiger charge is 2.58. The van der Waals surface area contributed by atoms with Gasteiger partial charge in [0.1, 0.15) is 5.60 Å². The lowest BCUT2D eigenvalue weighted by molar-refractivity contribution is -0.0675. The van der Waals surface area contributed by atoms with Gasteiger partial charge in [0.2, 0.25) is 0 Å². The summed E-state index contributed by atoms with van der Waals surface area (Å²) in [6.45, 7) is 6.29. The minimum atomic E-state index is -4.41. The lowest BCUT2D eigenvalue weighted by Crippen LogP contribution is -2.66. The molecule has 0 aromatic carbocycles. The molecule has 2 aliphatic rings. The average molecular weight is 279 g/mol. The highest BCUT2D eigenvalue weighted by atomic mass is 32.3. The van der Waals surface area contributed by atoms with Crippen LogP contribution in [0.25, 0.3) is 0 Å². The molecule has 0 aromatic rings. The Labute approximate surface area is 106 Å². The maximum atomic E-state index is 12.7. The molecule has 1 heterocycles. The second kappa shape index (κ2) is 3.82. The van der Waals surface area contributed by atoms with E-state index >= 15 is 0 Å². The summed E-state index contributed by atoms with van der Waals surface area (Å²) in [5.41, 5.74) is -0.731. The van der Waals surface area contributed by atoms with Gasteiger partial charge >= 0.3 is 16.3 Å². The van der Waals surface area contributed by atoms with Crippen LogP contribution < -0.4 is 0 Å². The topological polar surface area (TPSA) is 63.7 Å². The van der Waals surface area contributed by atoms with Gasteiger partial charge in [-0.3, -0.25) is 0 Å². The minimum Gasteiger partial charge on any atom is -0.444 e. The summed E-state index contributed by atoms with van der Waals surface area (Å²) in [5.74, 6) is 0. The Morgan fingerprint density at radius 1 is 1.33 bits per heavy atom. The van der Waals surface area contributed by atoms with Crippen LogP contribution in [-0.4, -0.2) is 43.4 Å². The first-order valence-corrected chi connectivity index (χ1v) is 7.37. The van der Waals surface area contributed by atoms with E-state index in [0.29, 0.717) is 25.9 Å². The van der Waals surface area contributed by atoms with Crippen molar-refractivity contribution in [3.63, 3.8) is 0 Å². The number of carbonyl (C=O) groups is 1. The largest absolute Gasteiger partial charge is 0.444 e. The van der Waals surface area contributed by atoms with Crippen molar-refractivity contribution in [1.29, 1.82) is 0 Å². The Balaban J connectivity index is 1.81. The van der Waals surface area contributed by atoms with E-state index in [1.807, 2.05) is 0 Å². The van der Waals surface area contributed by atoms with E-state index in [0.717, 1.165) is 0 Å². The molecule has 2 rings (SSSR count). The minimum absolute atomic E-state index is 0.194. The molecule has 0 N–H and O–H groups in total. The molecule has 0 atom stereocenters. The van der Waals surface area contributed by atoms with Gasteiger partial charge in [-0.25, -0.2) is 4.79 Å². The van der Waals surface area contributed by atoms with Crippen molar-refractivity contribution in [1.82, 2.24) is 4.90 Å². The number of carbonyl (C=O) groups excluding carboxylic acids is 1. The quantitative estimate of drug-likeness (QED) is 0.685. The molecule has 0 aromatic heterocycles. The lowest BCUT2D eigenvalue weighted by Gasteiger charge is -2.57. The molecule has 0 radical (unpaired) electrons. The molecule has 5 nitrogen and oxygen atoms in total. The zero-order valence-electron chi connectivity index (χ0n) is 10.8. The van der Waals surface area contributed by atoms with Crippen LogP contribution in [0.15, 0.2) is 0 Å². The standard InChI is InChI=1S/C11H18FNO4S/c1-10(2,3)17-9(14)13-6-11(7-13)4-8(5-11)18(12,15)16/h8H,4-7H2,1-3H3. The smallest absolute Gasteiger partial charge is 0.410 e. The highest BCUT2D eigenvalue weighted by Crippen LogP contribution is 2.51. The summed E-state index contributed by atoms with van der Waals surface area (Å²) in [5, 5.41) is -0.877. The second-order valence-electron chi connectivity index (χ2n) is 6.34. The summed E-state index contributed by atoms with van der Waals surface area (Å²) < 4.78 is 39.2. The highest BCUT2D eigenvalue weighted by molar-refractivity contribution is 7.87. The monoisotopic (exact) mass is 279 g/mol. The molecular weight excluding hydrogens is 261 g/mol. The van der Waals surface area contributed by atoms with E-state index in [9.17, 15) is 17.1 Å². The van der Waals surface area contributed by atoms with Crippen molar-refractivity contribution < 1.29 is 21.8 Å². The van der Waals surface area contributed by atoms with Gasteiger partial charge in [0, 0.05) is 18.5 Å². The molecular formula is C11H18FNO4S. The third kappa shape index (κ3) is 2.60. The van der Waals surface area contributed by atoms with Gasteiger partial charge in [0.05, 0.1) is 5.25 Å². The van der Waals surface area contributed by atoms with Crippen LogP contribution in [0.2, 0.25) is 0 Å². The number of hydrogen-bond donors (Lipinski definition) is 0. The van der Waals surface area contributed by atoms with Crippen molar-refractivity contribution in [2.45, 2.75) is 44.5 Å². The molecule has 1 saturated carbocycles. The van der Waals surface area contributed by atoms with Gasteiger partial charge in [-0.2, -0.15) is 8.42 Å². The van der Waals surface area contributed by atoms with Crippen LogP contribution in [0, 0.1) is 5.41 Å². The van der Waals surface area contributed by atoms with Crippen molar-refractivity contribution in [3.05, 3.63) is 0 Å². The Bertz CT molecular complexity index is 454. The number of amides is 1. The van der Waals surface area contributed by atoms with Crippen LogP contribution in [-0.2, 0) is 15.0 Å². The fourth-order valence-electron chi connectivity index (χ4n) is 2.58. The van der Waals surface area contributed by atoms with Crippen molar-refractivity contribution >= 4 is 16.3 Å². The maximum Gasteiger partial charge on any atom is 0.410 e.